The van der Waals surface area contributed by atoms with E-state index in [2.05, 4.69) is 41.2 Å². The number of hydrogen-bond acceptors (Lipinski definition) is 2. The molecule has 0 atom stereocenters. The Bertz CT molecular complexity index is 351. The van der Waals surface area contributed by atoms with Gasteiger partial charge in [0.1, 0.15) is 5.88 Å². The molecule has 1 heterocycles. The minimum absolute atomic E-state index is 0.0181. The molecule has 0 unspecified atom stereocenters. The molecule has 5 heteroatoms. The van der Waals surface area contributed by atoms with E-state index in [1.54, 1.807) is 11.3 Å². The lowest BCUT2D eigenvalue weighted by Gasteiger charge is -2.23. The number of carbonyl (C=O) groups is 1. The number of thiophene rings is 1. The van der Waals surface area contributed by atoms with Crippen molar-refractivity contribution in [1.29, 1.82) is 0 Å². The van der Waals surface area contributed by atoms with E-state index in [1.807, 2.05) is 6.07 Å². The summed E-state index contributed by atoms with van der Waals surface area (Å²) in [6, 6.07) is 4.09. The molecule has 0 fully saturated rings. The van der Waals surface area contributed by atoms with Gasteiger partial charge < -0.3 is 5.32 Å². The molecule has 84 valence electrons. The predicted molar refractivity (Wildman–Crippen MR) is 68.8 cm³/mol. The number of amides is 1. The van der Waals surface area contributed by atoms with Crippen molar-refractivity contribution in [3.8, 4) is 0 Å². The van der Waals surface area contributed by atoms with Crippen LogP contribution in [0.4, 0.5) is 0 Å². The average Bonchev–Trinajstić information content (AvgIpc) is 2.62. The van der Waals surface area contributed by atoms with Gasteiger partial charge in [0.05, 0.1) is 3.79 Å². The molecule has 0 aromatic carbocycles. The molecule has 1 aromatic heterocycles. The molecule has 15 heavy (non-hydrogen) atoms. The predicted octanol–water partition coefficient (Wildman–Crippen LogP) is 3.14. The van der Waals surface area contributed by atoms with Crippen LogP contribution in [0.15, 0.2) is 15.9 Å². The van der Waals surface area contributed by atoms with Gasteiger partial charge in [-0.2, -0.15) is 0 Å². The summed E-state index contributed by atoms with van der Waals surface area (Å²) in [4.78, 5) is 12.3. The van der Waals surface area contributed by atoms with Crippen LogP contribution >= 0.6 is 38.9 Å². The van der Waals surface area contributed by atoms with Crippen molar-refractivity contribution in [1.82, 2.24) is 5.32 Å². The fourth-order valence-electron chi connectivity index (χ4n) is 1.13. The highest BCUT2D eigenvalue weighted by Crippen LogP contribution is 2.32. The summed E-state index contributed by atoms with van der Waals surface area (Å²) < 4.78 is 1.11. The van der Waals surface area contributed by atoms with Crippen molar-refractivity contribution in [2.45, 2.75) is 19.3 Å². The van der Waals surface area contributed by atoms with Crippen LogP contribution in [0, 0.1) is 0 Å². The zero-order chi connectivity index (χ0) is 11.5. The van der Waals surface area contributed by atoms with Gasteiger partial charge in [-0.25, -0.2) is 0 Å². The fraction of sp³-hybridized carbons (Fsp3) is 0.500. The van der Waals surface area contributed by atoms with Crippen molar-refractivity contribution in [2.75, 3.05) is 12.4 Å². The molecular formula is C10H13BrClNOS. The maximum atomic E-state index is 11.0. The summed E-state index contributed by atoms with van der Waals surface area (Å²) in [6.45, 7) is 4.80. The van der Waals surface area contributed by atoms with Crippen LogP contribution in [-0.2, 0) is 10.2 Å². The molecule has 1 aromatic rings. The highest BCUT2D eigenvalue weighted by Gasteiger charge is 2.22. The molecule has 1 amide bonds. The Morgan fingerprint density at radius 3 is 2.73 bits per heavy atom. The highest BCUT2D eigenvalue weighted by molar-refractivity contribution is 9.11. The van der Waals surface area contributed by atoms with Crippen molar-refractivity contribution in [2.24, 2.45) is 0 Å². The molecule has 1 rings (SSSR count). The molecule has 0 radical (unpaired) electrons. The van der Waals surface area contributed by atoms with Crippen molar-refractivity contribution in [3.63, 3.8) is 0 Å². The standard InChI is InChI=1S/C10H13BrClNOS/c1-10(2,6-13-9(14)5-12)7-3-4-8(11)15-7/h3-4H,5-6H2,1-2H3,(H,13,14). The van der Waals surface area contributed by atoms with Gasteiger partial charge in [-0.3, -0.25) is 4.79 Å². The highest BCUT2D eigenvalue weighted by atomic mass is 79.9. The first-order valence-electron chi connectivity index (χ1n) is 4.54. The fourth-order valence-corrected chi connectivity index (χ4v) is 2.71. The third kappa shape index (κ3) is 3.78. The third-order valence-electron chi connectivity index (χ3n) is 2.09. The van der Waals surface area contributed by atoms with E-state index in [4.69, 9.17) is 11.6 Å². The molecular weight excluding hydrogens is 298 g/mol. The monoisotopic (exact) mass is 309 g/mol. The number of halogens is 2. The lowest BCUT2D eigenvalue weighted by Crippen LogP contribution is -2.36. The van der Waals surface area contributed by atoms with E-state index >= 15 is 0 Å². The lowest BCUT2D eigenvalue weighted by atomic mass is 9.91. The topological polar surface area (TPSA) is 29.1 Å². The molecule has 1 N–H and O–H groups in total. The molecule has 0 saturated carbocycles. The molecule has 0 aliphatic carbocycles. The summed E-state index contributed by atoms with van der Waals surface area (Å²) in [7, 11) is 0. The zero-order valence-electron chi connectivity index (χ0n) is 8.64. The maximum Gasteiger partial charge on any atom is 0.234 e. The van der Waals surface area contributed by atoms with Gasteiger partial charge >= 0.3 is 0 Å². The number of nitrogens with one attached hydrogen (secondary N) is 1. The molecule has 2 nitrogen and oxygen atoms in total. The summed E-state index contributed by atoms with van der Waals surface area (Å²) in [5.41, 5.74) is -0.0571. The Kier molecular flexibility index (Phi) is 4.62. The minimum Gasteiger partial charge on any atom is -0.354 e. The van der Waals surface area contributed by atoms with Gasteiger partial charge in [-0.1, -0.05) is 13.8 Å². The molecule has 0 aliphatic heterocycles. The van der Waals surface area contributed by atoms with E-state index in [1.165, 1.54) is 4.88 Å². The SMILES string of the molecule is CC(C)(CNC(=O)CCl)c1ccc(Br)s1. The summed E-state index contributed by atoms with van der Waals surface area (Å²) in [6.07, 6.45) is 0. The molecule has 0 aliphatic rings. The number of hydrogen-bond donors (Lipinski definition) is 1. The summed E-state index contributed by atoms with van der Waals surface area (Å²) in [5.74, 6) is -0.107. The van der Waals surface area contributed by atoms with Crippen molar-refractivity contribution < 1.29 is 4.79 Å². The largest absolute Gasteiger partial charge is 0.354 e. The van der Waals surface area contributed by atoms with Gasteiger partial charge in [0, 0.05) is 16.8 Å². The van der Waals surface area contributed by atoms with E-state index in [-0.39, 0.29) is 17.2 Å². The van der Waals surface area contributed by atoms with Crippen LogP contribution in [0.3, 0.4) is 0 Å². The Morgan fingerprint density at radius 2 is 2.27 bits per heavy atom. The zero-order valence-corrected chi connectivity index (χ0v) is 11.8. The van der Waals surface area contributed by atoms with E-state index in [0.29, 0.717) is 6.54 Å². The normalized spacial score (nSPS) is 11.5. The third-order valence-corrected chi connectivity index (χ3v) is 4.32. The summed E-state index contributed by atoms with van der Waals surface area (Å²) >= 11 is 10.5. The van der Waals surface area contributed by atoms with Crippen molar-refractivity contribution in [3.05, 3.63) is 20.8 Å². The minimum atomic E-state index is -0.125. The second-order valence-corrected chi connectivity index (χ2v) is 6.63. The number of rotatable bonds is 4. The Labute approximate surface area is 107 Å². The average molecular weight is 311 g/mol. The quantitative estimate of drug-likeness (QED) is 0.851. The van der Waals surface area contributed by atoms with Gasteiger partial charge in [0.2, 0.25) is 5.91 Å². The van der Waals surface area contributed by atoms with Crippen molar-refractivity contribution >= 4 is 44.8 Å². The second kappa shape index (κ2) is 5.32. The smallest absolute Gasteiger partial charge is 0.234 e. The van der Waals surface area contributed by atoms with Crippen LogP contribution < -0.4 is 5.32 Å². The molecule has 0 saturated heterocycles. The van der Waals surface area contributed by atoms with Crippen LogP contribution in [0.2, 0.25) is 0 Å². The first-order valence-corrected chi connectivity index (χ1v) is 6.68. The van der Waals surface area contributed by atoms with E-state index in [9.17, 15) is 4.79 Å². The summed E-state index contributed by atoms with van der Waals surface area (Å²) in [5, 5.41) is 2.80. The van der Waals surface area contributed by atoms with Gasteiger partial charge in [0.25, 0.3) is 0 Å². The molecule has 0 bridgehead atoms. The van der Waals surface area contributed by atoms with Gasteiger partial charge in [0.15, 0.2) is 0 Å². The van der Waals surface area contributed by atoms with E-state index in [0.717, 1.165) is 3.79 Å². The van der Waals surface area contributed by atoms with Gasteiger partial charge in [-0.15, -0.1) is 22.9 Å². The van der Waals surface area contributed by atoms with Crippen LogP contribution in [0.25, 0.3) is 0 Å². The van der Waals surface area contributed by atoms with Crippen LogP contribution in [0.1, 0.15) is 18.7 Å². The maximum absolute atomic E-state index is 11.0. The van der Waals surface area contributed by atoms with Crippen LogP contribution in [-0.4, -0.2) is 18.3 Å². The Morgan fingerprint density at radius 1 is 1.60 bits per heavy atom. The molecule has 0 spiro atoms. The Hall–Kier alpha value is -0.0600. The van der Waals surface area contributed by atoms with Gasteiger partial charge in [-0.05, 0) is 28.1 Å². The Balaban J connectivity index is 2.63. The lowest BCUT2D eigenvalue weighted by molar-refractivity contribution is -0.118. The van der Waals surface area contributed by atoms with E-state index < -0.39 is 0 Å². The first kappa shape index (κ1) is 13.0. The first-order chi connectivity index (χ1) is 6.95. The second-order valence-electron chi connectivity index (χ2n) is 3.90. The van der Waals surface area contributed by atoms with Crippen LogP contribution in [0.5, 0.6) is 0 Å². The number of alkyl halides is 1. The number of carbonyl (C=O) groups excluding carboxylic acids is 1.